The summed E-state index contributed by atoms with van der Waals surface area (Å²) in [7, 11) is 0. The van der Waals surface area contributed by atoms with Crippen LogP contribution in [0, 0.1) is 0 Å². The summed E-state index contributed by atoms with van der Waals surface area (Å²) in [4.78, 5) is 12.4. The van der Waals surface area contributed by atoms with Crippen LogP contribution in [0.5, 0.6) is 0 Å². The molecule has 18 heavy (non-hydrogen) atoms. The van der Waals surface area contributed by atoms with Crippen LogP contribution in [-0.4, -0.2) is 16.8 Å². The molecule has 0 bridgehead atoms. The molecular weight excluding hydrogens is 240 g/mol. The average molecular weight is 256 g/mol. The number of ketones is 1. The van der Waals surface area contributed by atoms with Crippen molar-refractivity contribution in [3.8, 4) is 0 Å². The van der Waals surface area contributed by atoms with E-state index in [1.165, 1.54) is 18.2 Å². The molecule has 1 fully saturated rings. The van der Waals surface area contributed by atoms with Gasteiger partial charge in [0.15, 0.2) is 5.78 Å². The smallest absolute Gasteiger partial charge is 0.175 e. The summed E-state index contributed by atoms with van der Waals surface area (Å²) in [6, 6.07) is 14.3. The Kier molecular flexibility index (Phi) is 3.37. The fraction of sp³-hybridized carbons (Fsp3) is 0.312. The van der Waals surface area contributed by atoms with E-state index >= 15 is 0 Å². The predicted molar refractivity (Wildman–Crippen MR) is 78.4 cm³/mol. The molecule has 0 aromatic heterocycles. The van der Waals surface area contributed by atoms with E-state index in [0.29, 0.717) is 5.78 Å². The molecule has 0 radical (unpaired) electrons. The Labute approximate surface area is 112 Å². The van der Waals surface area contributed by atoms with E-state index in [-0.39, 0.29) is 5.25 Å². The lowest BCUT2D eigenvalue weighted by Crippen LogP contribution is -2.20. The lowest BCUT2D eigenvalue weighted by Gasteiger charge is -2.20. The van der Waals surface area contributed by atoms with Crippen LogP contribution in [0.4, 0.5) is 0 Å². The first-order valence-corrected chi connectivity index (χ1v) is 7.54. The Bertz CT molecular complexity index is 570. The van der Waals surface area contributed by atoms with Gasteiger partial charge in [0, 0.05) is 5.56 Å². The highest BCUT2D eigenvalue weighted by atomic mass is 32.2. The van der Waals surface area contributed by atoms with Crippen molar-refractivity contribution >= 4 is 28.3 Å². The maximum Gasteiger partial charge on any atom is 0.175 e. The number of hydrogen-bond acceptors (Lipinski definition) is 2. The zero-order chi connectivity index (χ0) is 12.4. The van der Waals surface area contributed by atoms with E-state index < -0.39 is 0 Å². The molecule has 0 aliphatic carbocycles. The normalized spacial score (nSPS) is 19.9. The summed E-state index contributed by atoms with van der Waals surface area (Å²) < 4.78 is 0. The Balaban J connectivity index is 1.91. The lowest BCUT2D eigenvalue weighted by molar-refractivity contribution is 0.0985. The van der Waals surface area contributed by atoms with Gasteiger partial charge in [-0.15, -0.1) is 0 Å². The first kappa shape index (κ1) is 11.8. The Morgan fingerprint density at radius 2 is 1.89 bits per heavy atom. The van der Waals surface area contributed by atoms with Crippen LogP contribution in [0.1, 0.15) is 29.6 Å². The van der Waals surface area contributed by atoms with Gasteiger partial charge < -0.3 is 0 Å². The molecule has 0 amide bonds. The maximum atomic E-state index is 12.4. The molecule has 1 aliphatic rings. The van der Waals surface area contributed by atoms with Crippen molar-refractivity contribution in [2.24, 2.45) is 0 Å². The number of benzene rings is 2. The van der Waals surface area contributed by atoms with E-state index in [1.54, 1.807) is 0 Å². The van der Waals surface area contributed by atoms with Crippen LogP contribution in [0.25, 0.3) is 10.8 Å². The summed E-state index contributed by atoms with van der Waals surface area (Å²) in [6.45, 7) is 0. The monoisotopic (exact) mass is 256 g/mol. The Morgan fingerprint density at radius 1 is 1.06 bits per heavy atom. The Morgan fingerprint density at radius 3 is 2.67 bits per heavy atom. The van der Waals surface area contributed by atoms with Crippen LogP contribution < -0.4 is 0 Å². The molecule has 1 atom stereocenters. The third kappa shape index (κ3) is 2.30. The van der Waals surface area contributed by atoms with Gasteiger partial charge in [0.05, 0.1) is 5.25 Å². The highest BCUT2D eigenvalue weighted by Crippen LogP contribution is 2.28. The van der Waals surface area contributed by atoms with Gasteiger partial charge in [-0.25, -0.2) is 0 Å². The van der Waals surface area contributed by atoms with Gasteiger partial charge in [0.25, 0.3) is 0 Å². The average Bonchev–Trinajstić information content (AvgIpc) is 2.47. The first-order valence-electron chi connectivity index (χ1n) is 6.49. The summed E-state index contributed by atoms with van der Waals surface area (Å²) in [5, 5.41) is 2.54. The molecular formula is C16H16OS. The first-order chi connectivity index (χ1) is 8.84. The van der Waals surface area contributed by atoms with Gasteiger partial charge in [-0.1, -0.05) is 42.8 Å². The number of Topliss-reactive ketones (excluding diaryl/α,β-unsaturated/α-hetero) is 1. The van der Waals surface area contributed by atoms with Crippen molar-refractivity contribution < 1.29 is 4.79 Å². The number of hydrogen-bond donors (Lipinski definition) is 0. The molecule has 1 saturated heterocycles. The number of carbonyl (C=O) groups excluding carboxylic acids is 1. The molecule has 1 aliphatic heterocycles. The molecule has 1 nitrogen and oxygen atoms in total. The summed E-state index contributed by atoms with van der Waals surface area (Å²) in [5.41, 5.74) is 0.869. The van der Waals surface area contributed by atoms with E-state index in [9.17, 15) is 4.79 Å². The SMILES string of the molecule is O=C(c1ccc2ccccc2c1)C1CCCCS1. The van der Waals surface area contributed by atoms with Gasteiger partial charge in [0.2, 0.25) is 0 Å². The van der Waals surface area contributed by atoms with Gasteiger partial charge >= 0.3 is 0 Å². The molecule has 1 heterocycles. The standard InChI is InChI=1S/C16H16OS/c17-16(15-7-3-4-10-18-15)14-9-8-12-5-1-2-6-13(12)11-14/h1-2,5-6,8-9,11,15H,3-4,7,10H2. The molecule has 2 heteroatoms. The van der Waals surface area contributed by atoms with Gasteiger partial charge in [-0.3, -0.25) is 4.79 Å². The zero-order valence-corrected chi connectivity index (χ0v) is 11.1. The molecule has 3 rings (SSSR count). The third-order valence-corrected chi connectivity index (χ3v) is 4.88. The van der Waals surface area contributed by atoms with Crippen molar-refractivity contribution in [2.45, 2.75) is 24.5 Å². The molecule has 2 aromatic carbocycles. The van der Waals surface area contributed by atoms with Crippen molar-refractivity contribution in [1.82, 2.24) is 0 Å². The minimum Gasteiger partial charge on any atom is -0.293 e. The summed E-state index contributed by atoms with van der Waals surface area (Å²) in [6.07, 6.45) is 3.49. The highest BCUT2D eigenvalue weighted by molar-refractivity contribution is 8.00. The van der Waals surface area contributed by atoms with Crippen LogP contribution in [-0.2, 0) is 0 Å². The summed E-state index contributed by atoms with van der Waals surface area (Å²) >= 11 is 1.82. The second-order valence-corrected chi connectivity index (χ2v) is 6.09. The number of rotatable bonds is 2. The van der Waals surface area contributed by atoms with Crippen LogP contribution in [0.15, 0.2) is 42.5 Å². The molecule has 1 unspecified atom stereocenters. The van der Waals surface area contributed by atoms with Gasteiger partial charge in [-0.05, 0) is 35.4 Å². The second-order valence-electron chi connectivity index (χ2n) is 4.78. The lowest BCUT2D eigenvalue weighted by atomic mass is 10.0. The molecule has 92 valence electrons. The van der Waals surface area contributed by atoms with Crippen LogP contribution >= 0.6 is 11.8 Å². The topological polar surface area (TPSA) is 17.1 Å². The summed E-state index contributed by atoms with van der Waals surface area (Å²) in [5.74, 6) is 1.44. The number of carbonyl (C=O) groups is 1. The fourth-order valence-electron chi connectivity index (χ4n) is 2.48. The van der Waals surface area contributed by atoms with E-state index in [2.05, 4.69) is 18.2 Å². The Hall–Kier alpha value is -1.28. The molecule has 0 spiro atoms. The van der Waals surface area contributed by atoms with E-state index in [1.807, 2.05) is 36.0 Å². The number of fused-ring (bicyclic) bond motifs is 1. The zero-order valence-electron chi connectivity index (χ0n) is 10.3. The predicted octanol–water partition coefficient (Wildman–Crippen LogP) is 4.31. The number of thioether (sulfide) groups is 1. The van der Waals surface area contributed by atoms with Crippen LogP contribution in [0.2, 0.25) is 0 Å². The van der Waals surface area contributed by atoms with Gasteiger partial charge in [0.1, 0.15) is 0 Å². The fourth-order valence-corrected chi connectivity index (χ4v) is 3.75. The highest BCUT2D eigenvalue weighted by Gasteiger charge is 2.22. The third-order valence-electron chi connectivity index (χ3n) is 3.51. The maximum absolute atomic E-state index is 12.4. The van der Waals surface area contributed by atoms with E-state index in [4.69, 9.17) is 0 Å². The molecule has 0 saturated carbocycles. The minimum atomic E-state index is 0.180. The van der Waals surface area contributed by atoms with Crippen molar-refractivity contribution in [2.75, 3.05) is 5.75 Å². The minimum absolute atomic E-state index is 0.180. The second kappa shape index (κ2) is 5.15. The van der Waals surface area contributed by atoms with Crippen molar-refractivity contribution in [3.63, 3.8) is 0 Å². The molecule has 0 N–H and O–H groups in total. The van der Waals surface area contributed by atoms with Crippen LogP contribution in [0.3, 0.4) is 0 Å². The van der Waals surface area contributed by atoms with Crippen molar-refractivity contribution in [3.05, 3.63) is 48.0 Å². The van der Waals surface area contributed by atoms with Crippen molar-refractivity contribution in [1.29, 1.82) is 0 Å². The molecule has 2 aromatic rings. The van der Waals surface area contributed by atoms with E-state index in [0.717, 1.165) is 23.1 Å². The quantitative estimate of drug-likeness (QED) is 0.745. The van der Waals surface area contributed by atoms with Gasteiger partial charge in [-0.2, -0.15) is 11.8 Å². The largest absolute Gasteiger partial charge is 0.293 e.